The third-order valence-electron chi connectivity index (χ3n) is 4.31. The summed E-state index contributed by atoms with van der Waals surface area (Å²) in [7, 11) is 2.09. The van der Waals surface area contributed by atoms with Crippen molar-refractivity contribution in [3.8, 4) is 0 Å². The van der Waals surface area contributed by atoms with Crippen molar-refractivity contribution in [1.82, 2.24) is 15.5 Å². The second-order valence-corrected chi connectivity index (χ2v) is 6.21. The van der Waals surface area contributed by atoms with Gasteiger partial charge in [-0.3, -0.25) is 4.79 Å². The molecule has 0 spiro atoms. The first-order chi connectivity index (χ1) is 11.2. The van der Waals surface area contributed by atoms with Gasteiger partial charge in [0, 0.05) is 32.1 Å². The topological polar surface area (TPSA) is 53.6 Å². The van der Waals surface area contributed by atoms with Gasteiger partial charge < -0.3 is 20.3 Å². The molecule has 2 atom stereocenters. The van der Waals surface area contributed by atoms with Crippen LogP contribution in [-0.2, 0) is 9.53 Å². The van der Waals surface area contributed by atoms with Crippen molar-refractivity contribution >= 4 is 5.91 Å². The third kappa shape index (κ3) is 6.29. The lowest BCUT2D eigenvalue weighted by atomic mass is 9.96. The first-order valence-corrected chi connectivity index (χ1v) is 8.51. The summed E-state index contributed by atoms with van der Waals surface area (Å²) < 4.78 is 5.67. The van der Waals surface area contributed by atoms with Crippen molar-refractivity contribution in [3.63, 3.8) is 0 Å². The summed E-state index contributed by atoms with van der Waals surface area (Å²) in [5.74, 6) is 0.416. The van der Waals surface area contributed by atoms with Gasteiger partial charge in [0.1, 0.15) is 0 Å². The molecule has 1 aliphatic heterocycles. The molecule has 23 heavy (non-hydrogen) atoms. The van der Waals surface area contributed by atoms with Crippen LogP contribution in [0, 0.1) is 0 Å². The first kappa shape index (κ1) is 17.9. The maximum atomic E-state index is 12.0. The molecule has 5 heteroatoms. The molecule has 1 heterocycles. The molecule has 1 fully saturated rings. The lowest BCUT2D eigenvalue weighted by molar-refractivity contribution is -0.120. The van der Waals surface area contributed by atoms with Crippen molar-refractivity contribution in [2.24, 2.45) is 0 Å². The van der Waals surface area contributed by atoms with Crippen LogP contribution < -0.4 is 10.6 Å². The molecule has 0 bridgehead atoms. The lowest BCUT2D eigenvalue weighted by Crippen LogP contribution is -2.46. The molecule has 2 N–H and O–H groups in total. The Bertz CT molecular complexity index is 467. The van der Waals surface area contributed by atoms with Crippen LogP contribution in [0.4, 0.5) is 0 Å². The second kappa shape index (κ2) is 9.65. The summed E-state index contributed by atoms with van der Waals surface area (Å²) in [6.45, 7) is 6.56. The van der Waals surface area contributed by atoms with E-state index >= 15 is 0 Å². The normalized spacial score (nSPS) is 20.2. The molecule has 0 saturated carbocycles. The van der Waals surface area contributed by atoms with Gasteiger partial charge in [-0.25, -0.2) is 0 Å². The highest BCUT2D eigenvalue weighted by atomic mass is 16.5. The minimum atomic E-state index is 0.0449. The van der Waals surface area contributed by atoms with E-state index < -0.39 is 0 Å². The maximum absolute atomic E-state index is 12.0. The zero-order valence-electron chi connectivity index (χ0n) is 14.3. The van der Waals surface area contributed by atoms with Crippen molar-refractivity contribution in [2.75, 3.05) is 46.4 Å². The van der Waals surface area contributed by atoms with E-state index in [1.54, 1.807) is 0 Å². The predicted molar refractivity (Wildman–Crippen MR) is 92.6 cm³/mol. The second-order valence-electron chi connectivity index (χ2n) is 6.21. The molecule has 1 aromatic carbocycles. The van der Waals surface area contributed by atoms with Gasteiger partial charge in [-0.05, 0) is 19.0 Å². The van der Waals surface area contributed by atoms with Crippen molar-refractivity contribution in [3.05, 3.63) is 35.9 Å². The highest BCUT2D eigenvalue weighted by Crippen LogP contribution is 2.17. The van der Waals surface area contributed by atoms with E-state index in [1.807, 2.05) is 18.2 Å². The van der Waals surface area contributed by atoms with Gasteiger partial charge in [-0.15, -0.1) is 0 Å². The van der Waals surface area contributed by atoms with Gasteiger partial charge in [0.15, 0.2) is 0 Å². The fraction of sp³-hybridized carbons (Fsp3) is 0.611. The Kier molecular flexibility index (Phi) is 7.52. The van der Waals surface area contributed by atoms with Gasteiger partial charge in [-0.2, -0.15) is 0 Å². The minimum Gasteiger partial charge on any atom is -0.374 e. The maximum Gasteiger partial charge on any atom is 0.233 e. The highest BCUT2D eigenvalue weighted by Gasteiger charge is 2.17. The Labute approximate surface area is 139 Å². The average molecular weight is 319 g/mol. The van der Waals surface area contributed by atoms with E-state index in [9.17, 15) is 4.79 Å². The molecule has 1 saturated heterocycles. The van der Waals surface area contributed by atoms with E-state index in [-0.39, 0.29) is 12.0 Å². The number of hydrogen-bond acceptors (Lipinski definition) is 4. The van der Waals surface area contributed by atoms with Gasteiger partial charge in [0.05, 0.1) is 19.3 Å². The van der Waals surface area contributed by atoms with E-state index in [2.05, 4.69) is 41.6 Å². The van der Waals surface area contributed by atoms with Gasteiger partial charge in [0.25, 0.3) is 0 Å². The fourth-order valence-corrected chi connectivity index (χ4v) is 2.86. The Morgan fingerprint density at radius 3 is 2.87 bits per heavy atom. The van der Waals surface area contributed by atoms with Crippen LogP contribution in [0.2, 0.25) is 0 Å². The summed E-state index contributed by atoms with van der Waals surface area (Å²) in [6.07, 6.45) is 1.19. The molecular weight excluding hydrogens is 290 g/mol. The van der Waals surface area contributed by atoms with E-state index in [1.165, 1.54) is 5.56 Å². The number of amides is 1. The summed E-state index contributed by atoms with van der Waals surface area (Å²) >= 11 is 0. The number of ether oxygens (including phenoxy) is 1. The number of nitrogens with zero attached hydrogens (tertiary/aromatic N) is 1. The van der Waals surface area contributed by atoms with Crippen molar-refractivity contribution in [2.45, 2.75) is 25.4 Å². The molecule has 128 valence electrons. The van der Waals surface area contributed by atoms with Crippen LogP contribution in [0.5, 0.6) is 0 Å². The van der Waals surface area contributed by atoms with Crippen LogP contribution in [0.15, 0.2) is 30.3 Å². The number of benzene rings is 1. The molecule has 1 aliphatic rings. The molecule has 0 aliphatic carbocycles. The Morgan fingerprint density at radius 2 is 2.17 bits per heavy atom. The Hall–Kier alpha value is -1.43. The van der Waals surface area contributed by atoms with Crippen LogP contribution in [0.25, 0.3) is 0 Å². The number of carbonyl (C=O) groups excluding carboxylic acids is 1. The monoisotopic (exact) mass is 319 g/mol. The smallest absolute Gasteiger partial charge is 0.233 e. The van der Waals surface area contributed by atoms with E-state index in [0.29, 0.717) is 25.6 Å². The van der Waals surface area contributed by atoms with Crippen LogP contribution in [0.3, 0.4) is 0 Å². The van der Waals surface area contributed by atoms with E-state index in [4.69, 9.17) is 4.74 Å². The number of likely N-dealkylation sites (N-methyl/N-ethyl adjacent to an activating group) is 1. The SMILES string of the molecule is CC[C@H](CNC(=O)CNC[C@H]1CN(C)CCO1)c1ccccc1. The Morgan fingerprint density at radius 1 is 1.39 bits per heavy atom. The largest absolute Gasteiger partial charge is 0.374 e. The quantitative estimate of drug-likeness (QED) is 0.756. The number of nitrogens with one attached hydrogen (secondary N) is 2. The van der Waals surface area contributed by atoms with E-state index in [0.717, 1.165) is 26.1 Å². The summed E-state index contributed by atoms with van der Waals surface area (Å²) in [5, 5.41) is 6.22. The molecule has 0 unspecified atom stereocenters. The molecule has 5 nitrogen and oxygen atoms in total. The summed E-state index contributed by atoms with van der Waals surface area (Å²) in [4.78, 5) is 14.2. The third-order valence-corrected chi connectivity index (χ3v) is 4.31. The predicted octanol–water partition coefficient (Wildman–Crippen LogP) is 1.22. The van der Waals surface area contributed by atoms with Gasteiger partial charge in [-0.1, -0.05) is 37.3 Å². The molecule has 1 aromatic rings. The molecular formula is C18H29N3O2. The summed E-state index contributed by atoms with van der Waals surface area (Å²) in [6, 6.07) is 10.3. The zero-order chi connectivity index (χ0) is 16.5. The molecule has 0 aromatic heterocycles. The van der Waals surface area contributed by atoms with Gasteiger partial charge in [0.2, 0.25) is 5.91 Å². The molecule has 1 amide bonds. The van der Waals surface area contributed by atoms with Gasteiger partial charge >= 0.3 is 0 Å². The molecule has 2 rings (SSSR count). The van der Waals surface area contributed by atoms with Crippen LogP contribution >= 0.6 is 0 Å². The average Bonchev–Trinajstić information content (AvgIpc) is 2.56. The number of hydrogen-bond donors (Lipinski definition) is 2. The van der Waals surface area contributed by atoms with Crippen molar-refractivity contribution in [1.29, 1.82) is 0 Å². The first-order valence-electron chi connectivity index (χ1n) is 8.51. The molecule has 0 radical (unpaired) electrons. The minimum absolute atomic E-state index is 0.0449. The lowest BCUT2D eigenvalue weighted by Gasteiger charge is -2.30. The van der Waals surface area contributed by atoms with Crippen LogP contribution in [0.1, 0.15) is 24.8 Å². The highest BCUT2D eigenvalue weighted by molar-refractivity contribution is 5.78. The van der Waals surface area contributed by atoms with Crippen molar-refractivity contribution < 1.29 is 9.53 Å². The standard InChI is InChI=1S/C18H29N3O2/c1-3-15(16-7-5-4-6-8-16)11-20-18(22)13-19-12-17-14-21(2)9-10-23-17/h4-8,15,17,19H,3,9-14H2,1-2H3,(H,20,22)/t15-,17+/m1/s1. The fourth-order valence-electron chi connectivity index (χ4n) is 2.86. The number of carbonyl (C=O) groups is 1. The summed E-state index contributed by atoms with van der Waals surface area (Å²) in [5.41, 5.74) is 1.28. The number of morpholine rings is 1. The zero-order valence-corrected chi connectivity index (χ0v) is 14.3. The number of rotatable bonds is 8. The Balaban J connectivity index is 1.64. The van der Waals surface area contributed by atoms with Crippen LogP contribution in [-0.4, -0.2) is 63.3 Å².